The summed E-state index contributed by atoms with van der Waals surface area (Å²) >= 11 is 0. The molecule has 0 unspecified atom stereocenters. The minimum atomic E-state index is -4.79. The van der Waals surface area contributed by atoms with Gasteiger partial charge in [0.1, 0.15) is 5.69 Å². The maximum absolute atomic E-state index is 12.7. The number of aliphatic hydroxyl groups is 1. The van der Waals surface area contributed by atoms with E-state index in [1.807, 2.05) is 0 Å². The summed E-state index contributed by atoms with van der Waals surface area (Å²) in [4.78, 5) is 16.2. The molecule has 0 bridgehead atoms. The molecule has 1 fully saturated rings. The van der Waals surface area contributed by atoms with Gasteiger partial charge in [-0.3, -0.25) is 9.78 Å². The largest absolute Gasteiger partial charge is 0.433 e. The van der Waals surface area contributed by atoms with Crippen molar-refractivity contribution >= 4 is 5.91 Å². The standard InChI is InChI=1S/C13H12F6N2O2/c14-12(15,16)9-2-1-8(7-20-9)10(22)21-5-3-11(23,4-6-21)13(17,18)19/h1-2,7,23H,3-6H2. The second kappa shape index (κ2) is 5.66. The van der Waals surface area contributed by atoms with Crippen molar-refractivity contribution < 1.29 is 36.2 Å². The highest BCUT2D eigenvalue weighted by molar-refractivity contribution is 5.94. The SMILES string of the molecule is O=C(c1ccc(C(F)(F)F)nc1)N1CCC(O)(C(F)(F)F)CC1. The molecule has 1 aliphatic heterocycles. The Kier molecular flexibility index (Phi) is 4.31. The Morgan fingerprint density at radius 1 is 1.13 bits per heavy atom. The van der Waals surface area contributed by atoms with E-state index in [-0.39, 0.29) is 18.7 Å². The number of carbonyl (C=O) groups excluding carboxylic acids is 1. The third-order valence-corrected chi connectivity index (χ3v) is 3.71. The predicted octanol–water partition coefficient (Wildman–Crippen LogP) is 2.63. The molecule has 4 nitrogen and oxygen atoms in total. The van der Waals surface area contributed by atoms with Crippen LogP contribution in [0.1, 0.15) is 28.9 Å². The van der Waals surface area contributed by atoms with E-state index in [1.54, 1.807) is 0 Å². The minimum Gasteiger partial charge on any atom is -0.380 e. The fraction of sp³-hybridized carbons (Fsp3) is 0.538. The smallest absolute Gasteiger partial charge is 0.380 e. The molecule has 1 amide bonds. The van der Waals surface area contributed by atoms with E-state index in [0.29, 0.717) is 6.07 Å². The Morgan fingerprint density at radius 2 is 1.70 bits per heavy atom. The molecule has 2 rings (SSSR count). The summed E-state index contributed by atoms with van der Waals surface area (Å²) in [7, 11) is 0. The number of carbonyl (C=O) groups is 1. The van der Waals surface area contributed by atoms with Crippen LogP contribution in [-0.4, -0.2) is 45.8 Å². The van der Waals surface area contributed by atoms with Crippen LogP contribution >= 0.6 is 0 Å². The van der Waals surface area contributed by atoms with Crippen LogP contribution in [0.15, 0.2) is 18.3 Å². The molecule has 0 saturated carbocycles. The van der Waals surface area contributed by atoms with Gasteiger partial charge in [-0.2, -0.15) is 26.3 Å². The summed E-state index contributed by atoms with van der Waals surface area (Å²) < 4.78 is 75.1. The molecule has 1 aliphatic rings. The second-order valence-electron chi connectivity index (χ2n) is 5.25. The lowest BCUT2D eigenvalue weighted by atomic mass is 9.90. The van der Waals surface area contributed by atoms with Crippen LogP contribution in [-0.2, 0) is 6.18 Å². The quantitative estimate of drug-likeness (QED) is 0.799. The molecule has 0 atom stereocenters. The number of hydrogen-bond donors (Lipinski definition) is 1. The monoisotopic (exact) mass is 342 g/mol. The van der Waals surface area contributed by atoms with Gasteiger partial charge >= 0.3 is 12.4 Å². The van der Waals surface area contributed by atoms with Gasteiger partial charge in [0.05, 0.1) is 5.56 Å². The van der Waals surface area contributed by atoms with Crippen molar-refractivity contribution in [2.75, 3.05) is 13.1 Å². The van der Waals surface area contributed by atoms with Crippen molar-refractivity contribution in [3.8, 4) is 0 Å². The van der Waals surface area contributed by atoms with Crippen LogP contribution in [0.25, 0.3) is 0 Å². The van der Waals surface area contributed by atoms with Crippen molar-refractivity contribution in [2.45, 2.75) is 30.8 Å². The van der Waals surface area contributed by atoms with Gasteiger partial charge in [0.2, 0.25) is 0 Å². The fourth-order valence-electron chi connectivity index (χ4n) is 2.23. The third kappa shape index (κ3) is 3.57. The van der Waals surface area contributed by atoms with Gasteiger partial charge in [0, 0.05) is 32.1 Å². The normalized spacial score (nSPS) is 18.8. The molecular formula is C13H12F6N2O2. The van der Waals surface area contributed by atoms with Crippen molar-refractivity contribution in [3.63, 3.8) is 0 Å². The minimum absolute atomic E-state index is 0.157. The molecule has 1 aromatic rings. The zero-order chi connectivity index (χ0) is 17.5. The van der Waals surface area contributed by atoms with E-state index < -0.39 is 42.4 Å². The lowest BCUT2D eigenvalue weighted by Crippen LogP contribution is -2.54. The van der Waals surface area contributed by atoms with Crippen LogP contribution in [0.3, 0.4) is 0 Å². The van der Waals surface area contributed by atoms with Gasteiger partial charge in [-0.25, -0.2) is 0 Å². The van der Waals surface area contributed by atoms with E-state index in [2.05, 4.69) is 4.98 Å². The van der Waals surface area contributed by atoms with E-state index in [9.17, 15) is 36.2 Å². The van der Waals surface area contributed by atoms with Crippen LogP contribution < -0.4 is 0 Å². The Balaban J connectivity index is 2.06. The lowest BCUT2D eigenvalue weighted by molar-refractivity contribution is -0.271. The molecular weight excluding hydrogens is 330 g/mol. The highest BCUT2D eigenvalue weighted by Gasteiger charge is 2.54. The predicted molar refractivity (Wildman–Crippen MR) is 65.4 cm³/mol. The summed E-state index contributed by atoms with van der Waals surface area (Å²) in [5, 5.41) is 9.50. The number of alkyl halides is 6. The lowest BCUT2D eigenvalue weighted by Gasteiger charge is -2.39. The number of piperidine rings is 1. The molecule has 10 heteroatoms. The molecule has 0 aliphatic carbocycles. The van der Waals surface area contributed by atoms with E-state index in [1.165, 1.54) is 0 Å². The summed E-state index contributed by atoms with van der Waals surface area (Å²) in [6.45, 7) is -0.703. The van der Waals surface area contributed by atoms with E-state index in [4.69, 9.17) is 0 Å². The van der Waals surface area contributed by atoms with Gasteiger partial charge in [-0.05, 0) is 12.1 Å². The molecule has 0 aromatic carbocycles. The zero-order valence-electron chi connectivity index (χ0n) is 11.6. The summed E-state index contributed by atoms with van der Waals surface area (Å²) in [5.74, 6) is -0.726. The van der Waals surface area contributed by atoms with Crippen LogP contribution in [0.4, 0.5) is 26.3 Å². The Labute approximate surface area is 126 Å². The molecule has 0 radical (unpaired) electrons. The summed E-state index contributed by atoms with van der Waals surface area (Å²) in [5.41, 5.74) is -4.17. The average molecular weight is 342 g/mol. The van der Waals surface area contributed by atoms with E-state index >= 15 is 0 Å². The van der Waals surface area contributed by atoms with Gasteiger partial charge in [-0.15, -0.1) is 0 Å². The van der Waals surface area contributed by atoms with Gasteiger partial charge in [0.15, 0.2) is 5.60 Å². The first-order chi connectivity index (χ1) is 10.4. The molecule has 2 heterocycles. The molecule has 0 spiro atoms. The number of aromatic nitrogens is 1. The van der Waals surface area contributed by atoms with Crippen molar-refractivity contribution in [1.82, 2.24) is 9.88 Å². The van der Waals surface area contributed by atoms with Crippen LogP contribution in [0.2, 0.25) is 0 Å². The first-order valence-electron chi connectivity index (χ1n) is 6.56. The summed E-state index contributed by atoms with van der Waals surface area (Å²) in [6, 6.07) is 1.55. The topological polar surface area (TPSA) is 53.4 Å². The Bertz CT molecular complexity index is 574. The number of nitrogens with zero attached hydrogens (tertiary/aromatic N) is 2. The van der Waals surface area contributed by atoms with Crippen molar-refractivity contribution in [3.05, 3.63) is 29.6 Å². The van der Waals surface area contributed by atoms with Crippen LogP contribution in [0.5, 0.6) is 0 Å². The third-order valence-electron chi connectivity index (χ3n) is 3.71. The molecule has 1 aromatic heterocycles. The second-order valence-corrected chi connectivity index (χ2v) is 5.25. The van der Waals surface area contributed by atoms with E-state index in [0.717, 1.165) is 17.2 Å². The number of rotatable bonds is 1. The summed E-state index contributed by atoms with van der Waals surface area (Å²) in [6.07, 6.45) is -10.1. The van der Waals surface area contributed by atoms with Gasteiger partial charge in [0.25, 0.3) is 5.91 Å². The highest BCUT2D eigenvalue weighted by Crippen LogP contribution is 2.38. The zero-order valence-corrected chi connectivity index (χ0v) is 11.6. The Morgan fingerprint density at radius 3 is 2.09 bits per heavy atom. The first kappa shape index (κ1) is 17.5. The average Bonchev–Trinajstić information content (AvgIpc) is 2.45. The number of likely N-dealkylation sites (tertiary alicyclic amines) is 1. The maximum Gasteiger partial charge on any atom is 0.433 e. The number of pyridine rings is 1. The van der Waals surface area contributed by atoms with Gasteiger partial charge in [-0.1, -0.05) is 0 Å². The maximum atomic E-state index is 12.7. The number of hydrogen-bond acceptors (Lipinski definition) is 3. The molecule has 1 saturated heterocycles. The molecule has 1 N–H and O–H groups in total. The van der Waals surface area contributed by atoms with Crippen molar-refractivity contribution in [1.29, 1.82) is 0 Å². The first-order valence-corrected chi connectivity index (χ1v) is 6.56. The number of halogens is 6. The molecule has 23 heavy (non-hydrogen) atoms. The Hall–Kier alpha value is -1.84. The fourth-order valence-corrected chi connectivity index (χ4v) is 2.23. The molecule has 128 valence electrons. The highest BCUT2D eigenvalue weighted by atomic mass is 19.4. The van der Waals surface area contributed by atoms with Crippen LogP contribution in [0, 0.1) is 0 Å². The van der Waals surface area contributed by atoms with Crippen molar-refractivity contribution in [2.24, 2.45) is 0 Å². The number of amides is 1. The van der Waals surface area contributed by atoms with Gasteiger partial charge < -0.3 is 10.0 Å².